The van der Waals surface area contributed by atoms with E-state index in [1.54, 1.807) is 12.1 Å². The second kappa shape index (κ2) is 5.62. The monoisotopic (exact) mass is 321 g/mol. The van der Waals surface area contributed by atoms with Crippen LogP contribution in [0, 0.1) is 0 Å². The number of nitrogens with zero attached hydrogens (tertiary/aromatic N) is 1. The lowest BCUT2D eigenvalue weighted by Crippen LogP contribution is -2.22. The highest BCUT2D eigenvalue weighted by Gasteiger charge is 2.19. The average Bonchev–Trinajstić information content (AvgIpc) is 3.18. The Hall–Kier alpha value is -2.65. The maximum atomic E-state index is 12.1. The van der Waals surface area contributed by atoms with Crippen LogP contribution in [0.25, 0.3) is 11.5 Å². The summed E-state index contributed by atoms with van der Waals surface area (Å²) in [7, 11) is -3.81. The van der Waals surface area contributed by atoms with Crippen molar-refractivity contribution in [1.82, 2.24) is 14.9 Å². The molecule has 2 N–H and O–H groups in total. The van der Waals surface area contributed by atoms with Crippen LogP contribution in [0.1, 0.15) is 5.76 Å². The second-order valence-electron chi connectivity index (χ2n) is 4.33. The van der Waals surface area contributed by atoms with Gasteiger partial charge in [-0.15, -0.1) is 0 Å². The highest BCUT2D eigenvalue weighted by atomic mass is 32.2. The highest BCUT2D eigenvalue weighted by Crippen LogP contribution is 2.22. The number of nitrogens with one attached hydrogen (secondary N) is 2. The van der Waals surface area contributed by atoms with E-state index in [4.69, 9.17) is 8.83 Å². The van der Waals surface area contributed by atoms with E-state index in [0.717, 1.165) is 0 Å². The summed E-state index contributed by atoms with van der Waals surface area (Å²) in [5.41, 5.74) is -0.0321. The minimum Gasteiger partial charge on any atom is -0.468 e. The predicted octanol–water partition coefficient (Wildman–Crippen LogP) is 1.10. The molecule has 3 rings (SSSR count). The van der Waals surface area contributed by atoms with Gasteiger partial charge < -0.3 is 8.83 Å². The Bertz CT molecular complexity index is 904. The zero-order chi connectivity index (χ0) is 15.6. The summed E-state index contributed by atoms with van der Waals surface area (Å²) in [5, 5.41) is 5.77. The molecule has 0 radical (unpaired) electrons. The number of hydrogen-bond acceptors (Lipinski definition) is 6. The minimum absolute atomic E-state index is 0.0161. The fourth-order valence-electron chi connectivity index (χ4n) is 1.73. The van der Waals surface area contributed by atoms with Gasteiger partial charge in [0.2, 0.25) is 5.09 Å². The number of H-pyrrole nitrogens is 1. The molecule has 8 nitrogen and oxygen atoms in total. The Balaban J connectivity index is 1.80. The molecule has 0 bridgehead atoms. The van der Waals surface area contributed by atoms with Gasteiger partial charge in [-0.1, -0.05) is 0 Å². The molecule has 0 saturated carbocycles. The van der Waals surface area contributed by atoms with Crippen LogP contribution in [0.5, 0.6) is 0 Å². The molecule has 3 heterocycles. The van der Waals surface area contributed by atoms with E-state index in [1.807, 2.05) is 0 Å². The van der Waals surface area contributed by atoms with Gasteiger partial charge in [0.05, 0.1) is 12.8 Å². The molecule has 0 atom stereocenters. The average molecular weight is 321 g/mol. The zero-order valence-corrected chi connectivity index (χ0v) is 12.0. The quantitative estimate of drug-likeness (QED) is 0.726. The highest BCUT2D eigenvalue weighted by molar-refractivity contribution is 7.89. The first-order chi connectivity index (χ1) is 10.5. The van der Waals surface area contributed by atoms with Crippen LogP contribution in [0.2, 0.25) is 0 Å². The van der Waals surface area contributed by atoms with Gasteiger partial charge in [-0.05, 0) is 30.3 Å². The van der Waals surface area contributed by atoms with E-state index in [2.05, 4.69) is 14.9 Å². The van der Waals surface area contributed by atoms with Crippen LogP contribution in [0.15, 0.2) is 61.4 Å². The Morgan fingerprint density at radius 1 is 1.18 bits per heavy atom. The van der Waals surface area contributed by atoms with E-state index < -0.39 is 10.0 Å². The van der Waals surface area contributed by atoms with Crippen LogP contribution in [-0.4, -0.2) is 18.6 Å². The van der Waals surface area contributed by atoms with E-state index in [9.17, 15) is 13.2 Å². The third-order valence-electron chi connectivity index (χ3n) is 2.79. The van der Waals surface area contributed by atoms with Crippen molar-refractivity contribution < 1.29 is 17.3 Å². The van der Waals surface area contributed by atoms with Crippen molar-refractivity contribution in [2.24, 2.45) is 0 Å². The molecule has 0 aliphatic heterocycles. The summed E-state index contributed by atoms with van der Waals surface area (Å²) in [4.78, 5) is 11.0. The van der Waals surface area contributed by atoms with Gasteiger partial charge in [-0.25, -0.2) is 18.2 Å². The normalized spacial score (nSPS) is 11.6. The molecular formula is C13H11N3O5S. The van der Waals surface area contributed by atoms with Gasteiger partial charge in [0.25, 0.3) is 15.6 Å². The van der Waals surface area contributed by atoms with Crippen molar-refractivity contribution in [3.63, 3.8) is 0 Å². The summed E-state index contributed by atoms with van der Waals surface area (Å²) in [6.45, 7) is 0.0161. The smallest absolute Gasteiger partial charge is 0.274 e. The molecule has 0 amide bonds. The molecule has 3 aromatic heterocycles. The number of furan rings is 2. The fraction of sp³-hybridized carbons (Fsp3) is 0.0769. The topological polar surface area (TPSA) is 118 Å². The lowest BCUT2D eigenvalue weighted by Gasteiger charge is -2.02. The fourth-order valence-corrected chi connectivity index (χ4v) is 2.66. The first-order valence-electron chi connectivity index (χ1n) is 6.22. The lowest BCUT2D eigenvalue weighted by molar-refractivity contribution is 0.450. The van der Waals surface area contributed by atoms with Crippen molar-refractivity contribution in [3.05, 3.63) is 58.8 Å². The van der Waals surface area contributed by atoms with Crippen LogP contribution in [-0.2, 0) is 16.6 Å². The van der Waals surface area contributed by atoms with Gasteiger partial charge in [-0.2, -0.15) is 5.10 Å². The molecule has 0 spiro atoms. The minimum atomic E-state index is -3.81. The SMILES string of the molecule is O=c1ccc(-c2ccc(S(=O)(=O)NCc3ccco3)o2)n[nH]1. The number of hydrogen-bond donors (Lipinski definition) is 2. The van der Waals surface area contributed by atoms with Crippen LogP contribution in [0.4, 0.5) is 0 Å². The van der Waals surface area contributed by atoms with E-state index in [0.29, 0.717) is 11.5 Å². The number of aromatic amines is 1. The largest absolute Gasteiger partial charge is 0.468 e. The van der Waals surface area contributed by atoms with Gasteiger partial charge >= 0.3 is 0 Å². The molecule has 22 heavy (non-hydrogen) atoms. The molecule has 0 unspecified atom stereocenters. The number of aromatic nitrogens is 2. The standard InChI is InChI=1S/C13H11N3O5S/c17-12-5-3-10(15-16-12)11-4-6-13(21-11)22(18,19)14-8-9-2-1-7-20-9/h1-7,14H,8H2,(H,16,17). The first kappa shape index (κ1) is 14.3. The molecule has 0 aliphatic carbocycles. The lowest BCUT2D eigenvalue weighted by atomic mass is 10.3. The van der Waals surface area contributed by atoms with Gasteiger partial charge in [0.15, 0.2) is 5.76 Å². The molecule has 114 valence electrons. The zero-order valence-electron chi connectivity index (χ0n) is 11.1. The van der Waals surface area contributed by atoms with Crippen molar-refractivity contribution in [2.75, 3.05) is 0 Å². The van der Waals surface area contributed by atoms with Gasteiger partial charge in [0.1, 0.15) is 11.5 Å². The second-order valence-corrected chi connectivity index (χ2v) is 6.03. The molecule has 0 aliphatic rings. The maximum absolute atomic E-state index is 12.1. The molecule has 3 aromatic rings. The molecule has 0 fully saturated rings. The predicted molar refractivity (Wildman–Crippen MR) is 75.3 cm³/mol. The van der Waals surface area contributed by atoms with E-state index in [1.165, 1.54) is 30.5 Å². The Kier molecular flexibility index (Phi) is 3.65. The Morgan fingerprint density at radius 2 is 2.05 bits per heavy atom. The molecule has 0 aromatic carbocycles. The molecular weight excluding hydrogens is 310 g/mol. The third kappa shape index (κ3) is 3.00. The molecule has 0 saturated heterocycles. The van der Waals surface area contributed by atoms with Crippen LogP contribution in [0.3, 0.4) is 0 Å². The van der Waals surface area contributed by atoms with Crippen molar-refractivity contribution in [3.8, 4) is 11.5 Å². The number of rotatable bonds is 5. The maximum Gasteiger partial charge on any atom is 0.274 e. The summed E-state index contributed by atoms with van der Waals surface area (Å²) in [6, 6.07) is 8.80. The van der Waals surface area contributed by atoms with Crippen LogP contribution < -0.4 is 10.3 Å². The van der Waals surface area contributed by atoms with Crippen molar-refractivity contribution >= 4 is 10.0 Å². The van der Waals surface area contributed by atoms with E-state index >= 15 is 0 Å². The summed E-state index contributed by atoms with van der Waals surface area (Å²) >= 11 is 0. The van der Waals surface area contributed by atoms with E-state index in [-0.39, 0.29) is 23.0 Å². The van der Waals surface area contributed by atoms with Gasteiger partial charge in [-0.3, -0.25) is 4.79 Å². The van der Waals surface area contributed by atoms with Crippen molar-refractivity contribution in [2.45, 2.75) is 11.6 Å². The van der Waals surface area contributed by atoms with Crippen molar-refractivity contribution in [1.29, 1.82) is 0 Å². The first-order valence-corrected chi connectivity index (χ1v) is 7.71. The summed E-state index contributed by atoms with van der Waals surface area (Å²) in [6.07, 6.45) is 1.45. The Labute approximate surface area is 124 Å². The van der Waals surface area contributed by atoms with Crippen LogP contribution >= 0.6 is 0 Å². The summed E-state index contributed by atoms with van der Waals surface area (Å²) < 4.78 is 36.9. The molecule has 9 heteroatoms. The number of sulfonamides is 1. The van der Waals surface area contributed by atoms with Gasteiger partial charge in [0, 0.05) is 6.07 Å². The third-order valence-corrected chi connectivity index (χ3v) is 4.07. The Morgan fingerprint density at radius 3 is 2.73 bits per heavy atom. The summed E-state index contributed by atoms with van der Waals surface area (Å²) in [5.74, 6) is 0.715.